The molecule has 270 valence electrons. The van der Waals surface area contributed by atoms with E-state index in [0.717, 1.165) is 16.2 Å². The number of furan rings is 1. The maximum atomic E-state index is 14.0. The molecule has 16 heteroatoms. The van der Waals surface area contributed by atoms with Gasteiger partial charge in [-0.3, -0.25) is 13.9 Å². The summed E-state index contributed by atoms with van der Waals surface area (Å²) in [5.41, 5.74) is 2.11. The van der Waals surface area contributed by atoms with Gasteiger partial charge in [-0.1, -0.05) is 35.4 Å². The monoisotopic (exact) mass is 738 g/mol. The van der Waals surface area contributed by atoms with Crippen LogP contribution >= 0.6 is 0 Å². The molecule has 1 aliphatic rings. The van der Waals surface area contributed by atoms with Crippen LogP contribution in [0.3, 0.4) is 0 Å². The number of para-hydroxylation sites is 1. The predicted molar refractivity (Wildman–Crippen MR) is 197 cm³/mol. The van der Waals surface area contributed by atoms with Gasteiger partial charge in [0.25, 0.3) is 17.4 Å². The van der Waals surface area contributed by atoms with E-state index >= 15 is 0 Å². The second kappa shape index (κ2) is 13.1. The van der Waals surface area contributed by atoms with Gasteiger partial charge in [-0.05, 0) is 71.4 Å². The van der Waals surface area contributed by atoms with Crippen LogP contribution in [0, 0.1) is 5.82 Å². The van der Waals surface area contributed by atoms with Crippen LogP contribution in [0.5, 0.6) is 0 Å². The molecule has 13 nitrogen and oxygen atoms in total. The maximum Gasteiger partial charge on any atom is 0.260 e. The Hall–Kier alpha value is -6.16. The molecule has 0 spiro atoms. The molecule has 1 aliphatic heterocycles. The first kappa shape index (κ1) is 34.0. The molecule has 0 unspecified atom stereocenters. The molecular weight excluding hydrogens is 707 g/mol. The van der Waals surface area contributed by atoms with Gasteiger partial charge in [-0.15, -0.1) is 0 Å². The summed E-state index contributed by atoms with van der Waals surface area (Å²) in [5.74, 6) is -0.217. The van der Waals surface area contributed by atoms with Crippen LogP contribution < -0.4 is 14.8 Å². The quantitative estimate of drug-likeness (QED) is 0.219. The number of anilines is 2. The number of hydrogen-bond acceptors (Lipinski definition) is 9. The second-order valence-electron chi connectivity index (χ2n) is 12.9. The van der Waals surface area contributed by atoms with Crippen molar-refractivity contribution in [2.45, 2.75) is 13.0 Å². The number of nitrogens with zero attached hydrogens (tertiary/aromatic N) is 7. The van der Waals surface area contributed by atoms with Gasteiger partial charge < -0.3 is 19.2 Å². The number of pyridine rings is 1. The lowest BCUT2D eigenvalue weighted by Crippen LogP contribution is -2.54. The molecular formula is C37H32F2N8O5S. The van der Waals surface area contributed by atoms with Crippen molar-refractivity contribution in [1.82, 2.24) is 30.1 Å². The highest BCUT2D eigenvalue weighted by atomic mass is 32.2. The zero-order valence-electron chi connectivity index (χ0n) is 28.5. The standard InChI is InChI=1S/C37H32F2N8O5S/c1-22-21-44(15-16-45(22)37-41-42-43-47(37)26-9-4-3-5-10-26)36(49)24-8-6-7-23(17-24)28-19-29-32(20-31(28)46(14-13-38)53(2,50)51)52-34-27-12-11-25(39)18-30(27)40-35(48)33(29)34/h3-12,17-20,22H,13-16,21H2,1-2H3,(H,40,48)/t22-/m1/s1. The van der Waals surface area contributed by atoms with Gasteiger partial charge in [0.05, 0.1) is 35.1 Å². The molecule has 1 amide bonds. The van der Waals surface area contributed by atoms with Crippen LogP contribution in [0.2, 0.25) is 0 Å². The smallest absolute Gasteiger partial charge is 0.260 e. The fourth-order valence-electron chi connectivity index (χ4n) is 7.07. The third-order valence-corrected chi connectivity index (χ3v) is 10.7. The van der Waals surface area contributed by atoms with E-state index in [-0.39, 0.29) is 39.7 Å². The normalized spacial score (nSPS) is 15.1. The van der Waals surface area contributed by atoms with Gasteiger partial charge in [-0.2, -0.15) is 4.68 Å². The van der Waals surface area contributed by atoms with E-state index in [9.17, 15) is 26.8 Å². The van der Waals surface area contributed by atoms with Gasteiger partial charge in [0, 0.05) is 53.6 Å². The first-order valence-electron chi connectivity index (χ1n) is 16.8. The minimum atomic E-state index is -4.00. The molecule has 7 aromatic rings. The minimum absolute atomic E-state index is 0.103. The van der Waals surface area contributed by atoms with Crippen LogP contribution in [0.15, 0.2) is 94.1 Å². The summed E-state index contributed by atoms with van der Waals surface area (Å²) in [4.78, 5) is 33.9. The topological polar surface area (TPSA) is 151 Å². The number of aromatic nitrogens is 5. The maximum absolute atomic E-state index is 14.0. The molecule has 0 saturated carbocycles. The van der Waals surface area contributed by atoms with Crippen LogP contribution in [0.4, 0.5) is 20.4 Å². The average Bonchev–Trinajstić information content (AvgIpc) is 3.78. The molecule has 0 aliphatic carbocycles. The number of alkyl halides is 1. The lowest BCUT2D eigenvalue weighted by atomic mass is 9.98. The number of tetrazole rings is 1. The van der Waals surface area contributed by atoms with Crippen LogP contribution in [-0.4, -0.2) is 89.6 Å². The average molecular weight is 739 g/mol. The summed E-state index contributed by atoms with van der Waals surface area (Å²) in [6.45, 7) is 1.77. The van der Waals surface area contributed by atoms with Crippen molar-refractivity contribution in [2.75, 3.05) is 48.3 Å². The largest absolute Gasteiger partial charge is 0.455 e. The number of hydrogen-bond donors (Lipinski definition) is 1. The third-order valence-electron chi connectivity index (χ3n) is 9.51. The van der Waals surface area contributed by atoms with Crippen molar-refractivity contribution in [3.05, 3.63) is 107 Å². The summed E-state index contributed by atoms with van der Waals surface area (Å²) in [7, 11) is -4.00. The summed E-state index contributed by atoms with van der Waals surface area (Å²) in [6.07, 6.45) is 0.973. The Morgan fingerprint density at radius 2 is 1.83 bits per heavy atom. The van der Waals surface area contributed by atoms with Crippen molar-refractivity contribution in [2.24, 2.45) is 0 Å². The number of sulfonamides is 1. The minimum Gasteiger partial charge on any atom is -0.455 e. The zero-order chi connectivity index (χ0) is 37.0. The number of aromatic amines is 1. The molecule has 4 heterocycles. The van der Waals surface area contributed by atoms with E-state index in [0.29, 0.717) is 53.0 Å². The Balaban J connectivity index is 1.18. The van der Waals surface area contributed by atoms with Crippen LogP contribution in [-0.2, 0) is 10.0 Å². The van der Waals surface area contributed by atoms with Crippen molar-refractivity contribution in [3.63, 3.8) is 0 Å². The van der Waals surface area contributed by atoms with E-state index in [1.54, 1.807) is 39.9 Å². The lowest BCUT2D eigenvalue weighted by molar-refractivity contribution is 0.0725. The number of carbonyl (C=O) groups is 1. The van der Waals surface area contributed by atoms with Gasteiger partial charge in [0.2, 0.25) is 10.0 Å². The van der Waals surface area contributed by atoms with Gasteiger partial charge in [0.1, 0.15) is 23.7 Å². The molecule has 1 atom stereocenters. The zero-order valence-corrected chi connectivity index (χ0v) is 29.3. The highest BCUT2D eigenvalue weighted by Gasteiger charge is 2.31. The Labute approximate surface area is 301 Å². The summed E-state index contributed by atoms with van der Waals surface area (Å²) in [5, 5.41) is 13.3. The summed E-state index contributed by atoms with van der Waals surface area (Å²) < 4.78 is 62.8. The number of amides is 1. The number of piperazine rings is 1. The highest BCUT2D eigenvalue weighted by molar-refractivity contribution is 7.92. The molecule has 53 heavy (non-hydrogen) atoms. The van der Waals surface area contributed by atoms with Crippen molar-refractivity contribution in [1.29, 1.82) is 0 Å². The summed E-state index contributed by atoms with van der Waals surface area (Å²) in [6, 6.07) is 23.1. The Morgan fingerprint density at radius 3 is 2.58 bits per heavy atom. The molecule has 1 fully saturated rings. The molecule has 4 aromatic carbocycles. The number of halogens is 2. The first-order chi connectivity index (χ1) is 25.5. The van der Waals surface area contributed by atoms with Gasteiger partial charge >= 0.3 is 0 Å². The molecule has 3 aromatic heterocycles. The van der Waals surface area contributed by atoms with Gasteiger partial charge in [0.15, 0.2) is 0 Å². The number of H-pyrrole nitrogens is 1. The second-order valence-corrected chi connectivity index (χ2v) is 14.8. The van der Waals surface area contributed by atoms with Crippen LogP contribution in [0.1, 0.15) is 17.3 Å². The molecule has 1 N–H and O–H groups in total. The number of nitrogens with one attached hydrogen (secondary N) is 1. The first-order valence-corrected chi connectivity index (χ1v) is 18.6. The van der Waals surface area contributed by atoms with Crippen LogP contribution in [0.25, 0.3) is 49.7 Å². The van der Waals surface area contributed by atoms with Gasteiger partial charge in [-0.25, -0.2) is 17.2 Å². The molecule has 0 bridgehead atoms. The molecule has 0 radical (unpaired) electrons. The Kier molecular flexibility index (Phi) is 8.40. The van der Waals surface area contributed by atoms with Crippen molar-refractivity contribution >= 4 is 60.4 Å². The Bertz CT molecular complexity index is 2720. The molecule has 8 rings (SSSR count). The van der Waals surface area contributed by atoms with E-state index in [1.807, 2.05) is 37.3 Å². The van der Waals surface area contributed by atoms with Crippen molar-refractivity contribution < 1.29 is 26.4 Å². The number of rotatable bonds is 8. The lowest BCUT2D eigenvalue weighted by Gasteiger charge is -2.40. The fraction of sp³-hybridized carbons (Fsp3) is 0.216. The van der Waals surface area contributed by atoms with E-state index in [4.69, 9.17) is 4.42 Å². The number of fused-ring (bicyclic) bond motifs is 5. The summed E-state index contributed by atoms with van der Waals surface area (Å²) >= 11 is 0. The van der Waals surface area contributed by atoms with E-state index in [1.165, 1.54) is 24.3 Å². The fourth-order valence-corrected chi connectivity index (χ4v) is 7.98. The Morgan fingerprint density at radius 1 is 1.02 bits per heavy atom. The predicted octanol–water partition coefficient (Wildman–Crippen LogP) is 5.30. The highest BCUT2D eigenvalue weighted by Crippen LogP contribution is 2.41. The molecule has 1 saturated heterocycles. The SMILES string of the molecule is C[C@@H]1CN(C(=O)c2cccc(-c3cc4c(cc3N(CCF)S(C)(=O)=O)oc3c5ccc(F)cc5[nH]c(=O)c43)c2)CCN1c1nnnn1-c1ccccc1. The number of benzene rings is 4. The number of carbonyl (C=O) groups excluding carboxylic acids is 1. The van der Waals surface area contributed by atoms with E-state index in [2.05, 4.69) is 25.4 Å². The van der Waals surface area contributed by atoms with Crippen molar-refractivity contribution in [3.8, 4) is 16.8 Å². The third kappa shape index (κ3) is 6.03. The van der Waals surface area contributed by atoms with E-state index < -0.39 is 34.6 Å².